The van der Waals surface area contributed by atoms with Crippen molar-refractivity contribution < 1.29 is 19.0 Å². The van der Waals surface area contributed by atoms with Crippen molar-refractivity contribution in [1.29, 1.82) is 0 Å². The molecule has 3 aromatic heterocycles. The van der Waals surface area contributed by atoms with Gasteiger partial charge < -0.3 is 9.84 Å². The maximum Gasteiger partial charge on any atom is 0.326 e. The van der Waals surface area contributed by atoms with Crippen molar-refractivity contribution >= 4 is 22.6 Å². The van der Waals surface area contributed by atoms with E-state index in [-0.39, 0.29) is 17.9 Å². The number of fused-ring (bicyclic) bond motifs is 3. The lowest BCUT2D eigenvalue weighted by Crippen LogP contribution is -2.28. The highest BCUT2D eigenvalue weighted by Crippen LogP contribution is 2.29. The average molecular weight is 397 g/mol. The number of halogens is 1. The molecule has 0 saturated carbocycles. The van der Waals surface area contributed by atoms with Gasteiger partial charge in [0.05, 0.1) is 17.9 Å². The first kappa shape index (κ1) is 18.7. The van der Waals surface area contributed by atoms with Crippen LogP contribution in [0.1, 0.15) is 18.7 Å². The molecule has 0 aliphatic heterocycles. The highest BCUT2D eigenvalue weighted by Gasteiger charge is 2.21. The lowest BCUT2D eigenvalue weighted by Gasteiger charge is -2.11. The van der Waals surface area contributed by atoms with Crippen molar-refractivity contribution in [3.8, 4) is 11.1 Å². The van der Waals surface area contributed by atoms with Gasteiger partial charge in [-0.3, -0.25) is 9.36 Å². The molecule has 0 bridgehead atoms. The van der Waals surface area contributed by atoms with Crippen LogP contribution in [0.15, 0.2) is 41.3 Å². The Hall–Kier alpha value is -3.66. The zero-order valence-corrected chi connectivity index (χ0v) is 15.5. The number of carboxylic acids is 1. The van der Waals surface area contributed by atoms with E-state index in [1.807, 2.05) is 0 Å². The Labute approximate surface area is 163 Å². The van der Waals surface area contributed by atoms with Gasteiger partial charge in [-0.25, -0.2) is 13.7 Å². The van der Waals surface area contributed by atoms with E-state index >= 15 is 0 Å². The highest BCUT2D eigenvalue weighted by atomic mass is 19.1. The Bertz CT molecular complexity index is 1300. The highest BCUT2D eigenvalue weighted by molar-refractivity contribution is 5.84. The van der Waals surface area contributed by atoms with Gasteiger partial charge in [0.1, 0.15) is 17.4 Å². The van der Waals surface area contributed by atoms with Crippen LogP contribution in [-0.4, -0.2) is 42.6 Å². The number of aliphatic carboxylic acids is 1. The first-order valence-corrected chi connectivity index (χ1v) is 8.69. The third-order valence-corrected chi connectivity index (χ3v) is 4.67. The summed E-state index contributed by atoms with van der Waals surface area (Å²) in [5.41, 5.74) is 1.99. The quantitative estimate of drug-likeness (QED) is 0.548. The Kier molecular flexibility index (Phi) is 4.55. The predicted octanol–water partition coefficient (Wildman–Crippen LogP) is 2.04. The zero-order valence-electron chi connectivity index (χ0n) is 15.5. The van der Waals surface area contributed by atoms with E-state index in [2.05, 4.69) is 15.3 Å². The molecule has 0 aliphatic carbocycles. The van der Waals surface area contributed by atoms with Crippen molar-refractivity contribution in [1.82, 2.24) is 24.4 Å². The summed E-state index contributed by atoms with van der Waals surface area (Å²) < 4.78 is 21.1. The van der Waals surface area contributed by atoms with Crippen molar-refractivity contribution in [2.24, 2.45) is 0 Å². The molecule has 4 rings (SSSR count). The molecule has 10 heteroatoms. The number of hydrogen-bond donors (Lipinski definition) is 1. The molecule has 148 valence electrons. The van der Waals surface area contributed by atoms with Crippen molar-refractivity contribution in [2.45, 2.75) is 19.6 Å². The van der Waals surface area contributed by atoms with E-state index in [1.54, 1.807) is 18.2 Å². The van der Waals surface area contributed by atoms with E-state index in [0.717, 1.165) is 4.57 Å². The van der Waals surface area contributed by atoms with Crippen LogP contribution in [0, 0.1) is 5.82 Å². The number of carbonyl (C=O) groups is 1. The van der Waals surface area contributed by atoms with E-state index in [4.69, 9.17) is 4.74 Å². The number of methoxy groups -OCH3 is 1. The number of rotatable bonds is 5. The fraction of sp³-hybridized carbons (Fsp3) is 0.211. The minimum atomic E-state index is -1.14. The normalized spacial score (nSPS) is 12.5. The number of hydrogen-bond acceptors (Lipinski definition) is 6. The molecule has 9 nitrogen and oxygen atoms in total. The molecule has 1 atom stereocenters. The maximum absolute atomic E-state index is 13.4. The summed E-state index contributed by atoms with van der Waals surface area (Å²) in [5.74, 6) is -1.51. The smallest absolute Gasteiger partial charge is 0.326 e. The summed E-state index contributed by atoms with van der Waals surface area (Å²) >= 11 is 0. The van der Waals surface area contributed by atoms with E-state index in [1.165, 1.54) is 36.9 Å². The molecule has 3 heterocycles. The molecule has 0 unspecified atom stereocenters. The molecular weight excluding hydrogens is 381 g/mol. The van der Waals surface area contributed by atoms with Crippen LogP contribution in [-0.2, 0) is 16.1 Å². The molecule has 29 heavy (non-hydrogen) atoms. The van der Waals surface area contributed by atoms with Crippen molar-refractivity contribution in [3.05, 3.63) is 58.4 Å². The molecule has 0 radical (unpaired) electrons. The van der Waals surface area contributed by atoms with E-state index in [9.17, 15) is 19.1 Å². The largest absolute Gasteiger partial charge is 0.480 e. The summed E-state index contributed by atoms with van der Waals surface area (Å²) in [6, 6.07) is 6.37. The first-order chi connectivity index (χ1) is 13.9. The van der Waals surface area contributed by atoms with Gasteiger partial charge in [0.15, 0.2) is 11.2 Å². The molecule has 0 spiro atoms. The number of aromatic nitrogens is 5. The van der Waals surface area contributed by atoms with Crippen LogP contribution < -0.4 is 5.56 Å². The third-order valence-electron chi connectivity index (χ3n) is 4.67. The van der Waals surface area contributed by atoms with Crippen molar-refractivity contribution in [3.63, 3.8) is 0 Å². The lowest BCUT2D eigenvalue weighted by molar-refractivity contribution is -0.140. The third kappa shape index (κ3) is 3.03. The fourth-order valence-electron chi connectivity index (χ4n) is 3.18. The average Bonchev–Trinajstić information content (AvgIpc) is 3.07. The molecule has 0 saturated heterocycles. The minimum absolute atomic E-state index is 0.00905. The van der Waals surface area contributed by atoms with Gasteiger partial charge in [0, 0.05) is 13.3 Å². The van der Waals surface area contributed by atoms with E-state index < -0.39 is 17.6 Å². The second kappa shape index (κ2) is 7.06. The molecule has 1 N–H and O–H groups in total. The van der Waals surface area contributed by atoms with Crippen LogP contribution >= 0.6 is 0 Å². The topological polar surface area (TPSA) is 112 Å². The van der Waals surface area contributed by atoms with Gasteiger partial charge in [-0.2, -0.15) is 5.10 Å². The second-order valence-corrected chi connectivity index (χ2v) is 6.47. The van der Waals surface area contributed by atoms with Crippen LogP contribution in [0.3, 0.4) is 0 Å². The molecule has 4 aromatic rings. The SMILES string of the molecule is COCc1nn2c(nnc3c(=O)n([C@H](C)C(=O)O)ccc32)c1-c1ccc(F)cc1. The van der Waals surface area contributed by atoms with Crippen LogP contribution in [0.4, 0.5) is 4.39 Å². The Morgan fingerprint density at radius 2 is 1.97 bits per heavy atom. The summed E-state index contributed by atoms with van der Waals surface area (Å²) in [6.45, 7) is 1.57. The molecular formula is C19H16FN5O4. The number of ether oxygens (including phenoxy) is 1. The van der Waals surface area contributed by atoms with Gasteiger partial charge in [-0.15, -0.1) is 10.2 Å². The second-order valence-electron chi connectivity index (χ2n) is 6.47. The number of pyridine rings is 1. The molecule has 0 amide bonds. The maximum atomic E-state index is 13.4. The van der Waals surface area contributed by atoms with Gasteiger partial charge in [-0.1, -0.05) is 12.1 Å². The number of nitrogens with zero attached hydrogens (tertiary/aromatic N) is 5. The lowest BCUT2D eigenvalue weighted by atomic mass is 10.1. The number of carboxylic acid groups (broad SMARTS) is 1. The zero-order chi connectivity index (χ0) is 20.7. The molecule has 0 fully saturated rings. The van der Waals surface area contributed by atoms with Crippen molar-refractivity contribution in [2.75, 3.05) is 7.11 Å². The number of benzene rings is 1. The Morgan fingerprint density at radius 3 is 2.62 bits per heavy atom. The van der Waals surface area contributed by atoms with Crippen LogP contribution in [0.25, 0.3) is 27.8 Å². The van der Waals surface area contributed by atoms with E-state index in [0.29, 0.717) is 28.0 Å². The summed E-state index contributed by atoms with van der Waals surface area (Å²) in [6.07, 6.45) is 1.39. The van der Waals surface area contributed by atoms with Gasteiger partial charge in [0.2, 0.25) is 0 Å². The Morgan fingerprint density at radius 1 is 1.24 bits per heavy atom. The van der Waals surface area contributed by atoms with Crippen LogP contribution in [0.2, 0.25) is 0 Å². The van der Waals surface area contributed by atoms with Crippen LogP contribution in [0.5, 0.6) is 0 Å². The molecule has 1 aromatic carbocycles. The summed E-state index contributed by atoms with van der Waals surface area (Å²) in [4.78, 5) is 24.0. The van der Waals surface area contributed by atoms with Gasteiger partial charge in [0.25, 0.3) is 5.56 Å². The minimum Gasteiger partial charge on any atom is -0.480 e. The predicted molar refractivity (Wildman–Crippen MR) is 101 cm³/mol. The summed E-state index contributed by atoms with van der Waals surface area (Å²) in [7, 11) is 1.52. The Balaban J connectivity index is 2.01. The first-order valence-electron chi connectivity index (χ1n) is 8.69. The standard InChI is InChI=1S/C19H16FN5O4/c1-10(19(27)28)24-8-7-14-16(18(24)26)21-22-17-15(11-3-5-12(20)6-4-11)13(9-29-2)23-25(14)17/h3-8,10H,9H2,1-2H3,(H,27,28)/t10-/m1/s1. The monoisotopic (exact) mass is 397 g/mol. The fourth-order valence-corrected chi connectivity index (χ4v) is 3.18. The summed E-state index contributed by atoms with van der Waals surface area (Å²) in [5, 5.41) is 21.9. The van der Waals surface area contributed by atoms with Gasteiger partial charge in [-0.05, 0) is 30.7 Å². The molecule has 0 aliphatic rings. The van der Waals surface area contributed by atoms with Gasteiger partial charge >= 0.3 is 5.97 Å².